The van der Waals surface area contributed by atoms with Gasteiger partial charge in [-0.1, -0.05) is 199 Å². The molecule has 0 unspecified atom stereocenters. The van der Waals surface area contributed by atoms with Crippen molar-refractivity contribution < 1.29 is 27.1 Å². The molecule has 79 heavy (non-hydrogen) atoms. The van der Waals surface area contributed by atoms with E-state index in [2.05, 4.69) is 118 Å². The van der Waals surface area contributed by atoms with Crippen molar-refractivity contribution in [2.45, 2.75) is 52.4 Å². The Morgan fingerprint density at radius 3 is 1.81 bits per heavy atom. The molecule has 13 aromatic rings. The number of aromatic nitrogens is 4. The van der Waals surface area contributed by atoms with E-state index in [9.17, 15) is 4.11 Å². The van der Waals surface area contributed by atoms with Gasteiger partial charge in [0.1, 0.15) is 17.3 Å². The van der Waals surface area contributed by atoms with Gasteiger partial charge in [0, 0.05) is 23.0 Å². The molecule has 0 aliphatic carbocycles. The maximum atomic E-state index is 10.1. The summed E-state index contributed by atoms with van der Waals surface area (Å²) in [5.41, 5.74) is 9.62. The smallest absolute Gasteiger partial charge is 0.269 e. The minimum absolute atomic E-state index is 0.0956. The minimum Gasteiger partial charge on any atom is -0.458 e. The molecular weight excluding hydrogens is 961 g/mol. The second-order valence-electron chi connectivity index (χ2n) is 22.0. The molecule has 0 saturated heterocycles. The predicted molar refractivity (Wildman–Crippen MR) is 326 cm³/mol. The van der Waals surface area contributed by atoms with E-state index in [4.69, 9.17) is 23.4 Å². The van der Waals surface area contributed by atoms with Gasteiger partial charge in [-0.15, -0.1) is 0 Å². The van der Waals surface area contributed by atoms with Crippen LogP contribution < -0.4 is 9.30 Å². The van der Waals surface area contributed by atoms with Crippen LogP contribution in [-0.2, 0) is 10.8 Å². The molecule has 380 valence electrons. The molecule has 0 N–H and O–H groups in total. The molecule has 10 aromatic carbocycles. The van der Waals surface area contributed by atoms with Gasteiger partial charge in [0.15, 0.2) is 0 Å². The number of benzene rings is 10. The second kappa shape index (κ2) is 18.6. The molecule has 0 radical (unpaired) electrons. The Hall–Kier alpha value is -9.58. The Labute approximate surface area is 480 Å². The molecule has 0 spiro atoms. The highest BCUT2D eigenvalue weighted by atomic mass is 16.5. The van der Waals surface area contributed by atoms with E-state index in [0.717, 1.165) is 83.4 Å². The molecule has 0 amide bonds. The topological polar surface area (TPSA) is 35.9 Å². The molecule has 14 rings (SSSR count). The van der Waals surface area contributed by atoms with Gasteiger partial charge < -0.3 is 4.74 Å². The van der Waals surface area contributed by atoms with Crippen molar-refractivity contribution in [2.75, 3.05) is 0 Å². The van der Waals surface area contributed by atoms with Crippen LogP contribution in [0.3, 0.4) is 0 Å². The molecule has 0 atom stereocenters. The zero-order valence-electron chi connectivity index (χ0n) is 57.3. The fourth-order valence-corrected chi connectivity index (χ4v) is 11.1. The van der Waals surface area contributed by atoms with Gasteiger partial charge in [-0.3, -0.25) is 13.7 Å². The van der Waals surface area contributed by atoms with Crippen molar-refractivity contribution in [2.24, 2.45) is 0 Å². The van der Waals surface area contributed by atoms with Crippen molar-refractivity contribution in [3.05, 3.63) is 260 Å². The zero-order chi connectivity index (χ0) is 64.9. The lowest BCUT2D eigenvalue weighted by molar-refractivity contribution is -0.572. The number of imidazole rings is 1. The summed E-state index contributed by atoms with van der Waals surface area (Å²) in [5, 5.41) is 2.16. The summed E-state index contributed by atoms with van der Waals surface area (Å²) in [6, 6.07) is 43.4. The standard InChI is InChI=1S/C74H58N4O/c1-73(2,3)54-38-39-75-70(44-54)78-67-32-16-15-28-61(67)62-37-35-57(46-69(62)78)79-56-25-17-24-55(45-56)76-47-77-71-64(29-18-31-66(71)74(4,5)6)65-43-50(34-36-60(65)58-26-13-14-27-59(58)63-30-19-33-68(76)72(63)77)53-41-51(48-20-9-7-10-21-48)40-52(42-53)49-22-11-8-12-23-49/h7-46H,1-6H3/i7D,8D,9D,10D,11D,12D,20D,21D,22D,23D,40D,41D,42D. The van der Waals surface area contributed by atoms with Crippen LogP contribution in [0.15, 0.2) is 242 Å². The fourth-order valence-electron chi connectivity index (χ4n) is 11.1. The molecule has 1 aliphatic heterocycles. The van der Waals surface area contributed by atoms with Crippen molar-refractivity contribution >= 4 is 32.8 Å². The lowest BCUT2D eigenvalue weighted by Gasteiger charge is -2.26. The van der Waals surface area contributed by atoms with E-state index in [1.807, 2.05) is 102 Å². The number of hydrogen-bond donors (Lipinski definition) is 0. The van der Waals surface area contributed by atoms with Gasteiger partial charge in [0.05, 0.1) is 51.3 Å². The first-order chi connectivity index (χ1) is 43.8. The van der Waals surface area contributed by atoms with Gasteiger partial charge in [-0.05, 0) is 161 Å². The molecule has 0 fully saturated rings. The summed E-state index contributed by atoms with van der Waals surface area (Å²) in [6.45, 7) is 13.0. The number of rotatable bonds is 7. The third-order valence-electron chi connectivity index (χ3n) is 14.9. The molecular formula is C74H58N4O. The number of fused-ring (bicyclic) bond motifs is 10. The van der Waals surface area contributed by atoms with Crippen molar-refractivity contribution in [3.8, 4) is 95.5 Å². The Morgan fingerprint density at radius 2 is 1.08 bits per heavy atom. The third kappa shape index (κ3) is 8.32. The van der Waals surface area contributed by atoms with Crippen molar-refractivity contribution in [3.63, 3.8) is 0 Å². The summed E-state index contributed by atoms with van der Waals surface area (Å²) in [7, 11) is 0. The monoisotopic (exact) mass is 1030 g/mol. The van der Waals surface area contributed by atoms with Crippen LogP contribution >= 0.6 is 0 Å². The molecule has 3 aromatic heterocycles. The van der Waals surface area contributed by atoms with Crippen LogP contribution in [0.4, 0.5) is 0 Å². The van der Waals surface area contributed by atoms with Gasteiger partial charge in [-0.25, -0.2) is 4.98 Å². The lowest BCUT2D eigenvalue weighted by Crippen LogP contribution is -2.35. The lowest BCUT2D eigenvalue weighted by atomic mass is 9.81. The highest BCUT2D eigenvalue weighted by Gasteiger charge is 2.30. The molecule has 5 heteroatoms. The summed E-state index contributed by atoms with van der Waals surface area (Å²) >= 11 is 0. The molecule has 1 aliphatic rings. The van der Waals surface area contributed by atoms with E-state index in [1.165, 1.54) is 5.56 Å². The Bertz CT molecular complexity index is 5190. The van der Waals surface area contributed by atoms with Crippen LogP contribution in [-0.4, -0.2) is 14.1 Å². The van der Waals surface area contributed by atoms with E-state index < -0.39 is 106 Å². The average Bonchev–Trinajstić information content (AvgIpc) is 1.21. The summed E-state index contributed by atoms with van der Waals surface area (Å²) < 4.78 is 131. The first-order valence-corrected chi connectivity index (χ1v) is 26.3. The Kier molecular flexibility index (Phi) is 8.39. The number of ether oxygens (including phenoxy) is 1. The highest BCUT2D eigenvalue weighted by Crippen LogP contribution is 2.47. The average molecular weight is 1030 g/mol. The van der Waals surface area contributed by atoms with Crippen molar-refractivity contribution in [1.82, 2.24) is 14.1 Å². The number of nitrogens with zero attached hydrogens (tertiary/aromatic N) is 4. The number of pyridine rings is 1. The van der Waals surface area contributed by atoms with Crippen molar-refractivity contribution in [1.29, 1.82) is 0 Å². The SMILES string of the molecule is [2H]c1c([2H])c([2H])c(-c2c([2H])c(-c3ccc4c(c3)-c3cccc(C(C)(C)C)c3-[n+]3[c-]n(-c5cccc(Oc6ccc7c8ccccc8n(-c8cc(C(C)(C)C)ccn8)c7c6)c5)c5cccc(c53)-c3ccccc3-4)c([2H])c(-c3c([2H])c([2H])c([2H])c([2H])c3[2H])c2[2H])c([2H])c1[2H]. The van der Waals surface area contributed by atoms with Gasteiger partial charge in [-0.2, -0.15) is 0 Å². The van der Waals surface area contributed by atoms with Crippen LogP contribution in [0.2, 0.25) is 0 Å². The van der Waals surface area contributed by atoms with Gasteiger partial charge in [0.25, 0.3) is 6.33 Å². The molecule has 0 saturated carbocycles. The van der Waals surface area contributed by atoms with Crippen LogP contribution in [0.5, 0.6) is 11.5 Å². The number of hydrogen-bond acceptors (Lipinski definition) is 2. The van der Waals surface area contributed by atoms with Gasteiger partial charge >= 0.3 is 0 Å². The number of para-hydroxylation sites is 3. The third-order valence-corrected chi connectivity index (χ3v) is 14.9. The molecule has 5 nitrogen and oxygen atoms in total. The maximum absolute atomic E-state index is 10.1. The molecule has 4 heterocycles. The quantitative estimate of drug-likeness (QED) is 0.118. The van der Waals surface area contributed by atoms with Gasteiger partial charge in [0.2, 0.25) is 0 Å². The summed E-state index contributed by atoms with van der Waals surface area (Å²) in [4.78, 5) is 4.89. The first kappa shape index (κ1) is 35.7. The summed E-state index contributed by atoms with van der Waals surface area (Å²) in [5.74, 6) is 2.03. The van der Waals surface area contributed by atoms with Crippen LogP contribution in [0.1, 0.15) is 70.5 Å². The summed E-state index contributed by atoms with van der Waals surface area (Å²) in [6.07, 6.45) is 5.71. The highest BCUT2D eigenvalue weighted by molar-refractivity contribution is 6.09. The minimum atomic E-state index is -0.729. The van der Waals surface area contributed by atoms with E-state index in [-0.39, 0.29) is 16.5 Å². The Morgan fingerprint density at radius 1 is 0.468 bits per heavy atom. The van der Waals surface area contributed by atoms with E-state index >= 15 is 0 Å². The van der Waals surface area contributed by atoms with E-state index in [1.54, 1.807) is 6.07 Å². The first-order valence-electron chi connectivity index (χ1n) is 32.8. The maximum Gasteiger partial charge on any atom is 0.269 e. The van der Waals surface area contributed by atoms with Crippen LogP contribution in [0, 0.1) is 6.33 Å². The normalized spacial score (nSPS) is 14.5. The van der Waals surface area contributed by atoms with E-state index in [0.29, 0.717) is 17.1 Å². The Balaban J connectivity index is 0.985. The largest absolute Gasteiger partial charge is 0.458 e. The van der Waals surface area contributed by atoms with Crippen LogP contribution in [0.25, 0.3) is 117 Å². The molecule has 0 bridgehead atoms. The predicted octanol–water partition coefficient (Wildman–Crippen LogP) is 18.9. The zero-order valence-corrected chi connectivity index (χ0v) is 44.3. The second-order valence-corrected chi connectivity index (χ2v) is 22.0. The fraction of sp³-hybridized carbons (Fsp3) is 0.108.